The van der Waals surface area contributed by atoms with Gasteiger partial charge in [0.15, 0.2) is 26.4 Å². The average molecular weight is 611 g/mol. The average Bonchev–Trinajstić information content (AvgIpc) is 3.40. The molecule has 1 aromatic carbocycles. The normalized spacial score (nSPS) is 12.5. The number of rotatable bonds is 6. The number of aryl methyl sites for hydroxylation is 1. The van der Waals surface area contributed by atoms with Crippen LogP contribution in [0.15, 0.2) is 34.7 Å². The molecule has 4 aromatic rings. The second-order valence-electron chi connectivity index (χ2n) is 7.86. The highest BCUT2D eigenvalue weighted by Gasteiger charge is 2.37. The Kier molecular flexibility index (Phi) is 7.41. The molecule has 0 radical (unpaired) electrons. The van der Waals surface area contributed by atoms with Crippen LogP contribution in [0.4, 0.5) is 36.3 Å². The minimum Gasteiger partial charge on any atom is -0.493 e. The van der Waals surface area contributed by atoms with Gasteiger partial charge in [0.25, 0.3) is 0 Å². The van der Waals surface area contributed by atoms with Crippen molar-refractivity contribution >= 4 is 38.2 Å². The number of fused-ring (bicyclic) bond motifs is 1. The van der Waals surface area contributed by atoms with Crippen LogP contribution in [0.3, 0.4) is 0 Å². The number of carbonyl (C=O) groups is 1. The lowest BCUT2D eigenvalue weighted by molar-refractivity contribution is -0.142. The van der Waals surface area contributed by atoms with Crippen molar-refractivity contribution in [1.82, 2.24) is 19.6 Å². The van der Waals surface area contributed by atoms with E-state index < -0.39 is 62.6 Å². The number of hydrogen-bond donors (Lipinski definition) is 2. The van der Waals surface area contributed by atoms with E-state index in [0.717, 1.165) is 18.3 Å². The summed E-state index contributed by atoms with van der Waals surface area (Å²) < 4.78 is 115. The summed E-state index contributed by atoms with van der Waals surface area (Å²) in [6.07, 6.45) is -10.3. The minimum absolute atomic E-state index is 0.0112. The SMILES string of the molecule is CCOc1cc(-c2cc(C(F)(F)F)n3ncc(OC(=O)Nc4nc(C)c(S(N)(=O)=O)s4)c3n2)ccc1C(F)(F)F. The molecule has 4 rings (SSSR count). The minimum atomic E-state index is -5.00. The number of carbonyl (C=O) groups excluding carboxylic acids is 1. The molecule has 0 aliphatic rings. The van der Waals surface area contributed by atoms with E-state index in [0.29, 0.717) is 28.0 Å². The van der Waals surface area contributed by atoms with Crippen molar-refractivity contribution in [2.45, 2.75) is 30.4 Å². The Hall–Kier alpha value is -3.97. The van der Waals surface area contributed by atoms with Crippen LogP contribution in [0.25, 0.3) is 16.9 Å². The van der Waals surface area contributed by atoms with Gasteiger partial charge in [-0.05, 0) is 32.0 Å². The number of primary sulfonamides is 1. The first-order valence-electron chi connectivity index (χ1n) is 10.8. The third kappa shape index (κ3) is 5.94. The molecule has 0 fully saturated rings. The molecular formula is C21H16F6N6O5S2. The number of hydrogen-bond acceptors (Lipinski definition) is 9. The standard InChI is InChI=1S/C21H16F6N6O5S2/c1-3-37-13-6-10(4-5-11(13)20(22,23)24)12-7-15(21(25,26)27)33-16(31-12)14(8-29-33)38-19(34)32-18-30-9(2)17(39-18)40(28,35)36/h4-8H,3H2,1-2H3,(H2,28,35,36)(H,30,32,34). The van der Waals surface area contributed by atoms with Gasteiger partial charge in [-0.1, -0.05) is 17.4 Å². The van der Waals surface area contributed by atoms with Crippen molar-refractivity contribution in [3.05, 3.63) is 47.4 Å². The highest BCUT2D eigenvalue weighted by Crippen LogP contribution is 2.40. The summed E-state index contributed by atoms with van der Waals surface area (Å²) in [5.74, 6) is -1.17. The fourth-order valence-corrected chi connectivity index (χ4v) is 5.31. The fourth-order valence-electron chi connectivity index (χ4n) is 3.47. The largest absolute Gasteiger partial charge is 0.493 e. The van der Waals surface area contributed by atoms with Gasteiger partial charge in [0.2, 0.25) is 10.0 Å². The van der Waals surface area contributed by atoms with E-state index in [4.69, 9.17) is 14.6 Å². The Balaban J connectivity index is 1.75. The molecule has 3 aromatic heterocycles. The number of aromatic nitrogens is 4. The van der Waals surface area contributed by atoms with Crippen molar-refractivity contribution in [3.8, 4) is 22.8 Å². The fraction of sp³-hybridized carbons (Fsp3) is 0.238. The first kappa shape index (κ1) is 29.0. The number of benzene rings is 1. The Morgan fingerprint density at radius 3 is 2.38 bits per heavy atom. The smallest absolute Gasteiger partial charge is 0.433 e. The number of thiazole rings is 1. The molecule has 0 saturated carbocycles. The van der Waals surface area contributed by atoms with E-state index in [1.165, 1.54) is 13.8 Å². The molecule has 0 bridgehead atoms. The number of halogens is 6. The molecule has 11 nitrogen and oxygen atoms in total. The second-order valence-corrected chi connectivity index (χ2v) is 10.6. The monoisotopic (exact) mass is 610 g/mol. The summed E-state index contributed by atoms with van der Waals surface area (Å²) in [5.41, 5.74) is -3.69. The van der Waals surface area contributed by atoms with Crippen molar-refractivity contribution in [2.24, 2.45) is 5.14 Å². The number of nitrogens with one attached hydrogen (secondary N) is 1. The van der Waals surface area contributed by atoms with E-state index in [1.807, 2.05) is 0 Å². The molecule has 40 heavy (non-hydrogen) atoms. The van der Waals surface area contributed by atoms with E-state index >= 15 is 0 Å². The molecule has 214 valence electrons. The molecule has 0 spiro atoms. The summed E-state index contributed by atoms with van der Waals surface area (Å²) >= 11 is 0.511. The third-order valence-corrected chi connectivity index (χ3v) is 7.66. The van der Waals surface area contributed by atoms with Gasteiger partial charge in [-0.25, -0.2) is 32.8 Å². The van der Waals surface area contributed by atoms with E-state index in [2.05, 4.69) is 20.4 Å². The Morgan fingerprint density at radius 1 is 1.10 bits per heavy atom. The molecule has 0 unspecified atom stereocenters. The highest BCUT2D eigenvalue weighted by molar-refractivity contribution is 7.91. The number of alkyl halides is 6. The molecule has 1 amide bonds. The van der Waals surface area contributed by atoms with Crippen LogP contribution in [-0.2, 0) is 22.4 Å². The van der Waals surface area contributed by atoms with Crippen LogP contribution in [0.2, 0.25) is 0 Å². The number of amides is 1. The van der Waals surface area contributed by atoms with Gasteiger partial charge in [-0.3, -0.25) is 5.32 Å². The predicted octanol–water partition coefficient (Wildman–Crippen LogP) is 4.86. The van der Waals surface area contributed by atoms with Gasteiger partial charge in [0.05, 0.1) is 29.8 Å². The molecule has 0 atom stereocenters. The molecule has 3 heterocycles. The molecule has 3 N–H and O–H groups in total. The maximum absolute atomic E-state index is 13.9. The van der Waals surface area contributed by atoms with Crippen molar-refractivity contribution in [1.29, 1.82) is 0 Å². The zero-order valence-corrected chi connectivity index (χ0v) is 21.7. The predicted molar refractivity (Wildman–Crippen MR) is 127 cm³/mol. The van der Waals surface area contributed by atoms with Gasteiger partial charge in [-0.2, -0.15) is 31.4 Å². The number of anilines is 1. The summed E-state index contributed by atoms with van der Waals surface area (Å²) in [7, 11) is -4.13. The topological polar surface area (TPSA) is 151 Å². The highest BCUT2D eigenvalue weighted by atomic mass is 32.2. The van der Waals surface area contributed by atoms with Crippen molar-refractivity contribution in [3.63, 3.8) is 0 Å². The van der Waals surface area contributed by atoms with Gasteiger partial charge >= 0.3 is 18.4 Å². The van der Waals surface area contributed by atoms with Crippen LogP contribution in [0.1, 0.15) is 23.9 Å². The van der Waals surface area contributed by atoms with Gasteiger partial charge in [-0.15, -0.1) is 0 Å². The van der Waals surface area contributed by atoms with Crippen molar-refractivity contribution in [2.75, 3.05) is 11.9 Å². The van der Waals surface area contributed by atoms with E-state index in [-0.39, 0.29) is 27.2 Å². The number of ether oxygens (including phenoxy) is 2. The number of sulfonamides is 1. The van der Waals surface area contributed by atoms with Gasteiger partial charge < -0.3 is 9.47 Å². The van der Waals surface area contributed by atoms with Crippen LogP contribution >= 0.6 is 11.3 Å². The Morgan fingerprint density at radius 2 is 1.80 bits per heavy atom. The van der Waals surface area contributed by atoms with E-state index in [1.54, 1.807) is 0 Å². The Labute approximate surface area is 224 Å². The number of nitrogens with zero attached hydrogens (tertiary/aromatic N) is 4. The molecular weight excluding hydrogens is 594 g/mol. The lowest BCUT2D eigenvalue weighted by Crippen LogP contribution is -2.17. The summed E-state index contributed by atoms with van der Waals surface area (Å²) in [6, 6.07) is 3.02. The summed E-state index contributed by atoms with van der Waals surface area (Å²) in [6.45, 7) is 2.60. The second kappa shape index (κ2) is 10.2. The van der Waals surface area contributed by atoms with Crippen LogP contribution < -0.4 is 19.9 Å². The van der Waals surface area contributed by atoms with Crippen LogP contribution in [0, 0.1) is 6.92 Å². The third-order valence-electron chi connectivity index (χ3n) is 5.04. The van der Waals surface area contributed by atoms with Crippen molar-refractivity contribution < 1.29 is 49.0 Å². The maximum atomic E-state index is 13.9. The molecule has 0 aliphatic carbocycles. The van der Waals surface area contributed by atoms with Crippen LogP contribution in [0.5, 0.6) is 11.5 Å². The molecule has 0 aliphatic heterocycles. The lowest BCUT2D eigenvalue weighted by Gasteiger charge is -2.15. The zero-order valence-electron chi connectivity index (χ0n) is 20.1. The quantitative estimate of drug-likeness (QED) is 0.294. The van der Waals surface area contributed by atoms with Gasteiger partial charge in [0, 0.05) is 5.56 Å². The van der Waals surface area contributed by atoms with Gasteiger partial charge in [0.1, 0.15) is 5.75 Å². The maximum Gasteiger partial charge on any atom is 0.433 e. The molecule has 0 saturated heterocycles. The van der Waals surface area contributed by atoms with E-state index in [9.17, 15) is 39.6 Å². The number of nitrogens with two attached hydrogens (primary N) is 1. The molecule has 19 heteroatoms. The van der Waals surface area contributed by atoms with Crippen LogP contribution in [-0.4, -0.2) is 40.7 Å². The zero-order chi connectivity index (χ0) is 29.6. The lowest BCUT2D eigenvalue weighted by atomic mass is 10.1. The summed E-state index contributed by atoms with van der Waals surface area (Å²) in [4.78, 5) is 20.3. The Bertz CT molecular complexity index is 1720. The first-order valence-corrected chi connectivity index (χ1v) is 13.1. The first-order chi connectivity index (χ1) is 18.5. The summed E-state index contributed by atoms with van der Waals surface area (Å²) in [5, 5.41) is 10.5.